The van der Waals surface area contributed by atoms with Crippen molar-refractivity contribution in [3.05, 3.63) is 5.82 Å². The van der Waals surface area contributed by atoms with Gasteiger partial charge in [0.1, 0.15) is 0 Å². The van der Waals surface area contributed by atoms with Crippen LogP contribution < -0.4 is 0 Å². The third-order valence-corrected chi connectivity index (χ3v) is 2.65. The predicted molar refractivity (Wildman–Crippen MR) is 73.1 cm³/mol. The zero-order valence-electron chi connectivity index (χ0n) is 12.4. The molecule has 18 heavy (non-hydrogen) atoms. The van der Waals surface area contributed by atoms with Crippen LogP contribution in [0.15, 0.2) is 0 Å². The zero-order valence-corrected chi connectivity index (χ0v) is 12.4. The highest BCUT2D eigenvalue weighted by Crippen LogP contribution is 2.08. The maximum absolute atomic E-state index is 4.15. The standard InChI is InChI=1S/C13H27N5/c1-6-7-18-13(14-15-16-18)10-17(8-11(2)3)9-12(4)5/h11-12H,6-10H2,1-5H3. The van der Waals surface area contributed by atoms with Gasteiger partial charge in [-0.25, -0.2) is 4.68 Å². The second-order valence-electron chi connectivity index (χ2n) is 5.80. The largest absolute Gasteiger partial charge is 0.295 e. The Morgan fingerprint density at radius 3 is 2.22 bits per heavy atom. The van der Waals surface area contributed by atoms with Crippen molar-refractivity contribution in [2.24, 2.45) is 11.8 Å². The average molecular weight is 253 g/mol. The van der Waals surface area contributed by atoms with Crippen molar-refractivity contribution in [3.8, 4) is 0 Å². The monoisotopic (exact) mass is 253 g/mol. The summed E-state index contributed by atoms with van der Waals surface area (Å²) in [5.74, 6) is 2.32. The Kier molecular flexibility index (Phi) is 6.25. The van der Waals surface area contributed by atoms with E-state index < -0.39 is 0 Å². The molecule has 0 aliphatic heterocycles. The lowest BCUT2D eigenvalue weighted by Crippen LogP contribution is -2.32. The molecule has 1 aromatic heterocycles. The fraction of sp³-hybridized carbons (Fsp3) is 0.923. The molecule has 1 rings (SSSR count). The van der Waals surface area contributed by atoms with E-state index in [4.69, 9.17) is 0 Å². The summed E-state index contributed by atoms with van der Waals surface area (Å²) in [5, 5.41) is 12.0. The lowest BCUT2D eigenvalue weighted by Gasteiger charge is -2.25. The SMILES string of the molecule is CCCn1nnnc1CN(CC(C)C)CC(C)C. The van der Waals surface area contributed by atoms with Gasteiger partial charge in [0, 0.05) is 19.6 Å². The molecule has 0 atom stereocenters. The molecule has 0 aromatic carbocycles. The summed E-state index contributed by atoms with van der Waals surface area (Å²) in [6.07, 6.45) is 1.06. The van der Waals surface area contributed by atoms with Crippen LogP contribution in [0, 0.1) is 11.8 Å². The first-order valence-corrected chi connectivity index (χ1v) is 7.00. The van der Waals surface area contributed by atoms with Crippen LogP contribution in [0.4, 0.5) is 0 Å². The van der Waals surface area contributed by atoms with Crippen LogP contribution in [-0.4, -0.2) is 38.2 Å². The Labute approximate surface area is 111 Å². The van der Waals surface area contributed by atoms with Gasteiger partial charge < -0.3 is 0 Å². The number of nitrogens with zero attached hydrogens (tertiary/aromatic N) is 5. The van der Waals surface area contributed by atoms with E-state index in [0.29, 0.717) is 11.8 Å². The molecule has 0 saturated carbocycles. The van der Waals surface area contributed by atoms with E-state index >= 15 is 0 Å². The summed E-state index contributed by atoms with van der Waals surface area (Å²) < 4.78 is 1.92. The van der Waals surface area contributed by atoms with Gasteiger partial charge in [0.15, 0.2) is 5.82 Å². The van der Waals surface area contributed by atoms with Gasteiger partial charge in [-0.1, -0.05) is 34.6 Å². The number of rotatable bonds is 8. The van der Waals surface area contributed by atoms with E-state index in [0.717, 1.165) is 38.4 Å². The van der Waals surface area contributed by atoms with Crippen LogP contribution in [-0.2, 0) is 13.1 Å². The third-order valence-electron chi connectivity index (χ3n) is 2.65. The Bertz CT molecular complexity index is 322. The molecule has 0 spiro atoms. The van der Waals surface area contributed by atoms with Crippen molar-refractivity contribution < 1.29 is 0 Å². The van der Waals surface area contributed by atoms with E-state index in [-0.39, 0.29) is 0 Å². The molecule has 0 aliphatic carbocycles. The van der Waals surface area contributed by atoms with Gasteiger partial charge in [-0.05, 0) is 28.7 Å². The number of hydrogen-bond donors (Lipinski definition) is 0. The first kappa shape index (κ1) is 15.1. The molecular formula is C13H27N5. The molecule has 0 unspecified atom stereocenters. The Morgan fingerprint density at radius 1 is 1.11 bits per heavy atom. The molecule has 104 valence electrons. The Morgan fingerprint density at radius 2 is 1.72 bits per heavy atom. The summed E-state index contributed by atoms with van der Waals surface area (Å²) in [5.41, 5.74) is 0. The summed E-state index contributed by atoms with van der Waals surface area (Å²) >= 11 is 0. The van der Waals surface area contributed by atoms with E-state index in [1.54, 1.807) is 0 Å². The highest BCUT2D eigenvalue weighted by molar-refractivity contribution is 4.81. The van der Waals surface area contributed by atoms with Crippen LogP contribution in [0.3, 0.4) is 0 Å². The minimum Gasteiger partial charge on any atom is -0.295 e. The third kappa shape index (κ3) is 5.12. The van der Waals surface area contributed by atoms with Crippen LogP contribution in [0.2, 0.25) is 0 Å². The fourth-order valence-corrected chi connectivity index (χ4v) is 2.16. The normalized spacial score (nSPS) is 12.0. The van der Waals surface area contributed by atoms with Gasteiger partial charge in [-0.15, -0.1) is 5.10 Å². The zero-order chi connectivity index (χ0) is 13.5. The van der Waals surface area contributed by atoms with Crippen molar-refractivity contribution in [2.45, 2.75) is 54.1 Å². The molecule has 0 amide bonds. The van der Waals surface area contributed by atoms with Gasteiger partial charge in [0.2, 0.25) is 0 Å². The molecule has 1 aromatic rings. The van der Waals surface area contributed by atoms with E-state index in [2.05, 4.69) is 55.0 Å². The van der Waals surface area contributed by atoms with Crippen molar-refractivity contribution in [1.29, 1.82) is 0 Å². The van der Waals surface area contributed by atoms with Crippen molar-refractivity contribution >= 4 is 0 Å². The van der Waals surface area contributed by atoms with Gasteiger partial charge in [-0.3, -0.25) is 4.90 Å². The smallest absolute Gasteiger partial charge is 0.165 e. The van der Waals surface area contributed by atoms with Crippen LogP contribution in [0.1, 0.15) is 46.9 Å². The van der Waals surface area contributed by atoms with E-state index in [1.165, 1.54) is 0 Å². The molecule has 0 N–H and O–H groups in total. The number of hydrogen-bond acceptors (Lipinski definition) is 4. The molecule has 0 bridgehead atoms. The van der Waals surface area contributed by atoms with E-state index in [1.807, 2.05) is 4.68 Å². The highest BCUT2D eigenvalue weighted by atomic mass is 15.5. The fourth-order valence-electron chi connectivity index (χ4n) is 2.16. The van der Waals surface area contributed by atoms with Crippen molar-refractivity contribution in [3.63, 3.8) is 0 Å². The average Bonchev–Trinajstić information content (AvgIpc) is 2.64. The molecule has 0 aliphatic rings. The van der Waals surface area contributed by atoms with Crippen LogP contribution >= 0.6 is 0 Å². The molecular weight excluding hydrogens is 226 g/mol. The summed E-state index contributed by atoms with van der Waals surface area (Å²) in [6, 6.07) is 0. The Balaban J connectivity index is 2.65. The Hall–Kier alpha value is -0.970. The van der Waals surface area contributed by atoms with Gasteiger partial charge in [-0.2, -0.15) is 0 Å². The molecule has 1 heterocycles. The van der Waals surface area contributed by atoms with Gasteiger partial charge >= 0.3 is 0 Å². The molecule has 0 saturated heterocycles. The summed E-state index contributed by atoms with van der Waals surface area (Å²) in [4.78, 5) is 2.45. The molecule has 0 radical (unpaired) electrons. The quantitative estimate of drug-likeness (QED) is 0.712. The summed E-state index contributed by atoms with van der Waals surface area (Å²) in [6.45, 7) is 15.1. The highest BCUT2D eigenvalue weighted by Gasteiger charge is 2.14. The molecule has 0 fully saturated rings. The maximum Gasteiger partial charge on any atom is 0.165 e. The topological polar surface area (TPSA) is 46.8 Å². The lowest BCUT2D eigenvalue weighted by molar-refractivity contribution is 0.203. The second kappa shape index (κ2) is 7.46. The second-order valence-corrected chi connectivity index (χ2v) is 5.80. The van der Waals surface area contributed by atoms with Crippen molar-refractivity contribution in [2.75, 3.05) is 13.1 Å². The number of aromatic nitrogens is 4. The van der Waals surface area contributed by atoms with Crippen molar-refractivity contribution in [1.82, 2.24) is 25.1 Å². The first-order chi connectivity index (χ1) is 8.52. The molecule has 5 nitrogen and oxygen atoms in total. The number of tetrazole rings is 1. The summed E-state index contributed by atoms with van der Waals surface area (Å²) in [7, 11) is 0. The van der Waals surface area contributed by atoms with Gasteiger partial charge in [0.05, 0.1) is 6.54 Å². The van der Waals surface area contributed by atoms with Crippen LogP contribution in [0.25, 0.3) is 0 Å². The molecule has 5 heteroatoms. The lowest BCUT2D eigenvalue weighted by atomic mass is 10.1. The maximum atomic E-state index is 4.15. The minimum atomic E-state index is 0.666. The van der Waals surface area contributed by atoms with Crippen LogP contribution in [0.5, 0.6) is 0 Å². The van der Waals surface area contributed by atoms with Gasteiger partial charge in [0.25, 0.3) is 0 Å². The predicted octanol–water partition coefficient (Wildman–Crippen LogP) is 2.20. The number of aryl methyl sites for hydroxylation is 1. The first-order valence-electron chi connectivity index (χ1n) is 7.00. The van der Waals surface area contributed by atoms with E-state index in [9.17, 15) is 0 Å². The minimum absolute atomic E-state index is 0.666.